The molecule has 4 nitrogen and oxygen atoms in total. The van der Waals surface area contributed by atoms with Gasteiger partial charge in [-0.1, -0.05) is 6.42 Å². The van der Waals surface area contributed by atoms with Crippen LogP contribution < -0.4 is 11.1 Å². The lowest BCUT2D eigenvalue weighted by molar-refractivity contribution is -0.120. The van der Waals surface area contributed by atoms with E-state index in [0.29, 0.717) is 12.5 Å². The van der Waals surface area contributed by atoms with Crippen LogP contribution in [0, 0.1) is 11.8 Å². The van der Waals surface area contributed by atoms with Gasteiger partial charge in [-0.2, -0.15) is 0 Å². The lowest BCUT2D eigenvalue weighted by Crippen LogP contribution is -2.29. The summed E-state index contributed by atoms with van der Waals surface area (Å²) >= 11 is 0. The van der Waals surface area contributed by atoms with Gasteiger partial charge in [-0.15, -0.1) is 0 Å². The van der Waals surface area contributed by atoms with E-state index in [1.54, 1.807) is 12.4 Å². The van der Waals surface area contributed by atoms with Crippen LogP contribution >= 0.6 is 0 Å². The van der Waals surface area contributed by atoms with Crippen LogP contribution in [0.3, 0.4) is 0 Å². The first-order valence-electron chi connectivity index (χ1n) is 5.72. The quantitative estimate of drug-likeness (QED) is 0.807. The van der Waals surface area contributed by atoms with Gasteiger partial charge in [0.05, 0.1) is 11.9 Å². The van der Waals surface area contributed by atoms with Crippen molar-refractivity contribution in [2.75, 3.05) is 11.9 Å². The Bertz CT molecular complexity index is 353. The second-order valence-corrected chi connectivity index (χ2v) is 4.26. The minimum absolute atomic E-state index is 0.0743. The number of aromatic nitrogens is 1. The number of hydrogen-bond acceptors (Lipinski definition) is 3. The molecule has 2 atom stereocenters. The maximum absolute atomic E-state index is 12.0. The Morgan fingerprint density at radius 2 is 2.44 bits per heavy atom. The second-order valence-electron chi connectivity index (χ2n) is 4.26. The maximum Gasteiger partial charge on any atom is 0.227 e. The molecule has 0 aromatic carbocycles. The van der Waals surface area contributed by atoms with Crippen LogP contribution in [0.1, 0.15) is 19.3 Å². The van der Waals surface area contributed by atoms with E-state index in [1.165, 1.54) is 0 Å². The van der Waals surface area contributed by atoms with Crippen molar-refractivity contribution in [2.45, 2.75) is 19.3 Å². The first-order valence-corrected chi connectivity index (χ1v) is 5.72. The number of nitrogens with zero attached hydrogens (tertiary/aromatic N) is 1. The fourth-order valence-electron chi connectivity index (χ4n) is 2.34. The van der Waals surface area contributed by atoms with Crippen molar-refractivity contribution in [2.24, 2.45) is 17.6 Å². The highest BCUT2D eigenvalue weighted by Crippen LogP contribution is 2.31. The fraction of sp³-hybridized carbons (Fsp3) is 0.500. The predicted octanol–water partition coefficient (Wildman–Crippen LogP) is 1.40. The number of carbonyl (C=O) groups is 1. The highest BCUT2D eigenvalue weighted by molar-refractivity contribution is 5.92. The fourth-order valence-corrected chi connectivity index (χ4v) is 2.34. The Labute approximate surface area is 95.3 Å². The Balaban J connectivity index is 1.98. The molecule has 0 bridgehead atoms. The highest BCUT2D eigenvalue weighted by Gasteiger charge is 2.31. The maximum atomic E-state index is 12.0. The third-order valence-corrected chi connectivity index (χ3v) is 3.23. The van der Waals surface area contributed by atoms with Crippen molar-refractivity contribution in [3.8, 4) is 0 Å². The highest BCUT2D eigenvalue weighted by atomic mass is 16.1. The molecule has 86 valence electrons. The monoisotopic (exact) mass is 219 g/mol. The molecular weight excluding hydrogens is 202 g/mol. The third kappa shape index (κ3) is 2.39. The zero-order valence-corrected chi connectivity index (χ0v) is 9.23. The van der Waals surface area contributed by atoms with Gasteiger partial charge in [0.1, 0.15) is 0 Å². The van der Waals surface area contributed by atoms with E-state index in [9.17, 15) is 4.79 Å². The molecule has 16 heavy (non-hydrogen) atoms. The summed E-state index contributed by atoms with van der Waals surface area (Å²) in [4.78, 5) is 16.0. The Kier molecular flexibility index (Phi) is 3.51. The van der Waals surface area contributed by atoms with Gasteiger partial charge >= 0.3 is 0 Å². The summed E-state index contributed by atoms with van der Waals surface area (Å²) < 4.78 is 0. The number of amides is 1. The molecule has 4 heteroatoms. The molecule has 0 saturated heterocycles. The molecule has 1 fully saturated rings. The van der Waals surface area contributed by atoms with E-state index in [-0.39, 0.29) is 11.8 Å². The van der Waals surface area contributed by atoms with Crippen molar-refractivity contribution in [3.63, 3.8) is 0 Å². The van der Waals surface area contributed by atoms with Crippen LogP contribution in [0.2, 0.25) is 0 Å². The molecule has 1 heterocycles. The van der Waals surface area contributed by atoms with E-state index in [4.69, 9.17) is 5.73 Å². The summed E-state index contributed by atoms with van der Waals surface area (Å²) in [5, 5.41) is 2.89. The zero-order chi connectivity index (χ0) is 11.4. The molecule has 2 rings (SSSR count). The topological polar surface area (TPSA) is 68.0 Å². The van der Waals surface area contributed by atoms with E-state index >= 15 is 0 Å². The van der Waals surface area contributed by atoms with E-state index in [2.05, 4.69) is 10.3 Å². The second kappa shape index (κ2) is 5.07. The summed E-state index contributed by atoms with van der Waals surface area (Å²) in [5.41, 5.74) is 6.42. The van der Waals surface area contributed by atoms with Crippen molar-refractivity contribution in [1.29, 1.82) is 0 Å². The summed E-state index contributed by atoms with van der Waals surface area (Å²) in [6.07, 6.45) is 6.47. The Morgan fingerprint density at radius 3 is 3.12 bits per heavy atom. The third-order valence-electron chi connectivity index (χ3n) is 3.23. The van der Waals surface area contributed by atoms with Crippen molar-refractivity contribution < 1.29 is 4.79 Å². The van der Waals surface area contributed by atoms with Gasteiger partial charge in [0.15, 0.2) is 0 Å². The Morgan fingerprint density at radius 1 is 1.56 bits per heavy atom. The van der Waals surface area contributed by atoms with Gasteiger partial charge in [-0.05, 0) is 37.4 Å². The standard InChI is InChI=1S/C12H17N3O/c13-7-9-3-1-5-11(9)12(16)15-10-4-2-6-14-8-10/h2,4,6,8-9,11H,1,3,5,7,13H2,(H,15,16). The zero-order valence-electron chi connectivity index (χ0n) is 9.23. The van der Waals surface area contributed by atoms with Gasteiger partial charge in [0.25, 0.3) is 0 Å². The number of nitrogens with two attached hydrogens (primary N) is 1. The normalized spacial score (nSPS) is 24.3. The molecular formula is C12H17N3O. The molecule has 1 aromatic rings. The molecule has 1 saturated carbocycles. The molecule has 3 N–H and O–H groups in total. The largest absolute Gasteiger partial charge is 0.330 e. The molecule has 0 aliphatic heterocycles. The summed E-state index contributed by atoms with van der Waals surface area (Å²) in [5.74, 6) is 0.503. The molecule has 1 amide bonds. The van der Waals surface area contributed by atoms with Crippen molar-refractivity contribution >= 4 is 11.6 Å². The van der Waals surface area contributed by atoms with Crippen LogP contribution in [0.5, 0.6) is 0 Å². The molecule has 1 aromatic heterocycles. The molecule has 0 spiro atoms. The average Bonchev–Trinajstić information content (AvgIpc) is 2.78. The predicted molar refractivity (Wildman–Crippen MR) is 62.8 cm³/mol. The number of pyridine rings is 1. The van der Waals surface area contributed by atoms with Gasteiger partial charge in [-0.3, -0.25) is 9.78 Å². The van der Waals surface area contributed by atoms with E-state index in [0.717, 1.165) is 24.9 Å². The van der Waals surface area contributed by atoms with Crippen LogP contribution in [0.15, 0.2) is 24.5 Å². The summed E-state index contributed by atoms with van der Waals surface area (Å²) in [6, 6.07) is 3.65. The van der Waals surface area contributed by atoms with Crippen molar-refractivity contribution in [1.82, 2.24) is 4.98 Å². The number of anilines is 1. The number of rotatable bonds is 3. The number of nitrogens with one attached hydrogen (secondary N) is 1. The van der Waals surface area contributed by atoms with E-state index < -0.39 is 0 Å². The minimum Gasteiger partial charge on any atom is -0.330 e. The number of hydrogen-bond donors (Lipinski definition) is 2. The number of carbonyl (C=O) groups excluding carboxylic acids is 1. The lowest BCUT2D eigenvalue weighted by Gasteiger charge is -2.17. The van der Waals surface area contributed by atoms with Crippen LogP contribution in [-0.4, -0.2) is 17.4 Å². The van der Waals surface area contributed by atoms with Gasteiger partial charge in [0.2, 0.25) is 5.91 Å². The van der Waals surface area contributed by atoms with Crippen LogP contribution in [0.25, 0.3) is 0 Å². The lowest BCUT2D eigenvalue weighted by atomic mass is 9.95. The molecule has 2 unspecified atom stereocenters. The summed E-state index contributed by atoms with van der Waals surface area (Å²) in [7, 11) is 0. The molecule has 1 aliphatic carbocycles. The molecule has 0 radical (unpaired) electrons. The average molecular weight is 219 g/mol. The van der Waals surface area contributed by atoms with Gasteiger partial charge in [0, 0.05) is 12.1 Å². The Hall–Kier alpha value is -1.42. The smallest absolute Gasteiger partial charge is 0.227 e. The summed E-state index contributed by atoms with van der Waals surface area (Å²) in [6.45, 7) is 0.602. The van der Waals surface area contributed by atoms with Gasteiger partial charge in [-0.25, -0.2) is 0 Å². The first kappa shape index (κ1) is 11.1. The van der Waals surface area contributed by atoms with Crippen LogP contribution in [0.4, 0.5) is 5.69 Å². The van der Waals surface area contributed by atoms with Gasteiger partial charge < -0.3 is 11.1 Å². The van der Waals surface area contributed by atoms with E-state index in [1.807, 2.05) is 12.1 Å². The molecule has 1 aliphatic rings. The first-order chi connectivity index (χ1) is 7.81. The minimum atomic E-state index is 0.0743. The van der Waals surface area contributed by atoms with Crippen molar-refractivity contribution in [3.05, 3.63) is 24.5 Å². The SMILES string of the molecule is NCC1CCCC1C(=O)Nc1cccnc1. The van der Waals surface area contributed by atoms with Crippen LogP contribution in [-0.2, 0) is 4.79 Å².